The van der Waals surface area contributed by atoms with Crippen molar-refractivity contribution in [1.82, 2.24) is 9.80 Å². The van der Waals surface area contributed by atoms with Gasteiger partial charge in [-0.25, -0.2) is 0 Å². The van der Waals surface area contributed by atoms with Gasteiger partial charge in [0.25, 0.3) is 0 Å². The third-order valence-electron chi connectivity index (χ3n) is 8.74. The van der Waals surface area contributed by atoms with Crippen molar-refractivity contribution >= 4 is 11.3 Å². The van der Waals surface area contributed by atoms with E-state index in [1.807, 2.05) is 31.2 Å². The van der Waals surface area contributed by atoms with E-state index >= 15 is 0 Å². The molecule has 4 rings (SSSR count). The van der Waals surface area contributed by atoms with Crippen LogP contribution in [-0.4, -0.2) is 54.6 Å². The largest absolute Gasteiger partial charge is 0.371 e. The number of piperidine rings is 1. The fraction of sp³-hybridized carbons (Fsp3) is 0.436. The average molecular weight is 564 g/mol. The molecular formula is C39H53N3. The molecule has 0 amide bonds. The molecule has 0 radical (unpaired) electrons. The summed E-state index contributed by atoms with van der Waals surface area (Å²) in [7, 11) is 0. The van der Waals surface area contributed by atoms with E-state index in [1.165, 1.54) is 46.4 Å². The van der Waals surface area contributed by atoms with Crippen LogP contribution in [0.25, 0.3) is 5.57 Å². The molecule has 0 saturated carbocycles. The lowest BCUT2D eigenvalue weighted by atomic mass is 9.94. The summed E-state index contributed by atoms with van der Waals surface area (Å²) in [6.07, 6.45) is 16.3. The van der Waals surface area contributed by atoms with E-state index < -0.39 is 0 Å². The standard InChI is InChI=1S/C25H36N2.C14H17N/c1-9-10-11-12-23(6)27-14-13-26(18-25(27,7)8)17-22(5)24-16-20(3)19(2)15-21(24)4;1-3-13-6-4-5-7-14(13)15-10-8-12(2)9-11-15/h9-12,15-16H,5-6,13-14,17-18H2,1-4,7-8H3;1,4-7,12H,8-11H2,2H3/b10-9-,12-11-;. The number of anilines is 1. The van der Waals surface area contributed by atoms with Crippen molar-refractivity contribution in [2.75, 3.05) is 44.2 Å². The molecule has 0 aliphatic carbocycles. The van der Waals surface area contributed by atoms with Gasteiger partial charge in [0.05, 0.1) is 5.69 Å². The van der Waals surface area contributed by atoms with E-state index in [9.17, 15) is 0 Å². The van der Waals surface area contributed by atoms with Crippen LogP contribution >= 0.6 is 0 Å². The summed E-state index contributed by atoms with van der Waals surface area (Å²) in [6.45, 7) is 30.4. The molecule has 2 aromatic carbocycles. The van der Waals surface area contributed by atoms with Crippen LogP contribution in [0.5, 0.6) is 0 Å². The minimum Gasteiger partial charge on any atom is -0.371 e. The van der Waals surface area contributed by atoms with Crippen molar-refractivity contribution in [3.05, 3.63) is 107 Å². The van der Waals surface area contributed by atoms with Crippen molar-refractivity contribution in [2.45, 2.75) is 66.8 Å². The lowest BCUT2D eigenvalue weighted by molar-refractivity contribution is 0.0572. The number of nitrogens with zero attached hydrogens (tertiary/aromatic N) is 3. The molecule has 0 unspecified atom stereocenters. The van der Waals surface area contributed by atoms with Crippen LogP contribution in [-0.2, 0) is 0 Å². The van der Waals surface area contributed by atoms with Crippen LogP contribution < -0.4 is 4.90 Å². The van der Waals surface area contributed by atoms with Gasteiger partial charge in [-0.05, 0) is 106 Å². The Hall–Kier alpha value is -3.48. The predicted molar refractivity (Wildman–Crippen MR) is 185 cm³/mol. The van der Waals surface area contributed by atoms with Crippen LogP contribution in [0.15, 0.2) is 79.6 Å². The summed E-state index contributed by atoms with van der Waals surface area (Å²) in [5.74, 6) is 3.62. The van der Waals surface area contributed by atoms with Crippen LogP contribution in [0.4, 0.5) is 5.69 Å². The highest BCUT2D eigenvalue weighted by Crippen LogP contribution is 2.29. The maximum absolute atomic E-state index is 5.51. The SMILES string of the molecule is C#Cc1ccccc1N1CCC(C)CC1.C=C(CN1CCN(C(=C)/C=C\C=C/C)C(C)(C)C1)c1cc(C)c(C)cc1C. The summed E-state index contributed by atoms with van der Waals surface area (Å²) >= 11 is 0. The zero-order chi connectivity index (χ0) is 30.9. The van der Waals surface area contributed by atoms with Gasteiger partial charge in [0.1, 0.15) is 0 Å². The van der Waals surface area contributed by atoms with Gasteiger partial charge in [0.2, 0.25) is 0 Å². The Balaban J connectivity index is 0.000000271. The van der Waals surface area contributed by atoms with Gasteiger partial charge in [-0.1, -0.05) is 68.5 Å². The zero-order valence-corrected chi connectivity index (χ0v) is 27.3. The molecule has 0 aromatic heterocycles. The summed E-state index contributed by atoms with van der Waals surface area (Å²) in [4.78, 5) is 7.36. The number of piperazine rings is 1. The maximum Gasteiger partial charge on any atom is 0.0525 e. The molecule has 2 aliphatic heterocycles. The predicted octanol–water partition coefficient (Wildman–Crippen LogP) is 8.57. The fourth-order valence-electron chi connectivity index (χ4n) is 6.11. The average Bonchev–Trinajstić information content (AvgIpc) is 2.95. The zero-order valence-electron chi connectivity index (χ0n) is 27.3. The van der Waals surface area contributed by atoms with Gasteiger partial charge in [-0.3, -0.25) is 4.90 Å². The second kappa shape index (κ2) is 15.1. The van der Waals surface area contributed by atoms with Gasteiger partial charge >= 0.3 is 0 Å². The molecule has 0 atom stereocenters. The molecule has 2 aromatic rings. The summed E-state index contributed by atoms with van der Waals surface area (Å²) in [6, 6.07) is 12.8. The molecule has 3 heteroatoms. The van der Waals surface area contributed by atoms with Crippen LogP contribution in [0.3, 0.4) is 0 Å². The molecule has 42 heavy (non-hydrogen) atoms. The number of allylic oxidation sites excluding steroid dienone is 4. The Labute approximate surface area is 257 Å². The lowest BCUT2D eigenvalue weighted by Gasteiger charge is -2.49. The third kappa shape index (κ3) is 8.76. The van der Waals surface area contributed by atoms with Crippen molar-refractivity contribution in [1.29, 1.82) is 0 Å². The van der Waals surface area contributed by atoms with Gasteiger partial charge in [0, 0.05) is 56.1 Å². The van der Waals surface area contributed by atoms with Crippen LogP contribution in [0, 0.1) is 39.0 Å². The number of benzene rings is 2. The number of para-hydroxylation sites is 1. The topological polar surface area (TPSA) is 9.72 Å². The summed E-state index contributed by atoms with van der Waals surface area (Å²) in [5, 5.41) is 0. The fourth-order valence-corrected chi connectivity index (χ4v) is 6.11. The maximum atomic E-state index is 5.51. The number of aryl methyl sites for hydroxylation is 3. The molecule has 2 heterocycles. The Bertz CT molecular complexity index is 1330. The first kappa shape index (κ1) is 33.0. The highest BCUT2D eigenvalue weighted by atomic mass is 15.3. The highest BCUT2D eigenvalue weighted by Gasteiger charge is 2.33. The molecule has 2 fully saturated rings. The minimum absolute atomic E-state index is 0.0497. The molecule has 0 N–H and O–H groups in total. The monoisotopic (exact) mass is 563 g/mol. The quantitative estimate of drug-likeness (QED) is 0.247. The molecule has 0 bridgehead atoms. The number of terminal acetylenes is 1. The lowest BCUT2D eigenvalue weighted by Crippen LogP contribution is -2.58. The van der Waals surface area contributed by atoms with E-state index in [0.29, 0.717) is 0 Å². The van der Waals surface area contributed by atoms with Crippen LogP contribution in [0.2, 0.25) is 0 Å². The van der Waals surface area contributed by atoms with Gasteiger partial charge in [-0.2, -0.15) is 0 Å². The molecule has 2 saturated heterocycles. The second-order valence-electron chi connectivity index (χ2n) is 12.7. The van der Waals surface area contributed by atoms with Crippen molar-refractivity contribution in [3.8, 4) is 12.3 Å². The molecular weight excluding hydrogens is 510 g/mol. The molecule has 3 nitrogen and oxygen atoms in total. The summed E-state index contributed by atoms with van der Waals surface area (Å²) in [5.41, 5.74) is 9.91. The normalized spacial score (nSPS) is 17.7. The first-order valence-corrected chi connectivity index (χ1v) is 15.5. The Morgan fingerprint density at radius 3 is 2.29 bits per heavy atom. The van der Waals surface area contributed by atoms with Gasteiger partial charge in [0.15, 0.2) is 0 Å². The number of hydrogen-bond donors (Lipinski definition) is 0. The Kier molecular flexibility index (Phi) is 11.9. The van der Waals surface area contributed by atoms with E-state index in [-0.39, 0.29) is 5.54 Å². The van der Waals surface area contributed by atoms with Gasteiger partial charge < -0.3 is 9.80 Å². The minimum atomic E-state index is 0.0497. The van der Waals surface area contributed by atoms with E-state index in [2.05, 4.69) is 112 Å². The molecule has 0 spiro atoms. The van der Waals surface area contributed by atoms with E-state index in [1.54, 1.807) is 0 Å². The van der Waals surface area contributed by atoms with Crippen molar-refractivity contribution in [3.63, 3.8) is 0 Å². The van der Waals surface area contributed by atoms with Crippen molar-refractivity contribution < 1.29 is 0 Å². The van der Waals surface area contributed by atoms with Crippen LogP contribution in [0.1, 0.15) is 68.4 Å². The highest BCUT2D eigenvalue weighted by molar-refractivity contribution is 5.68. The molecule has 224 valence electrons. The number of hydrogen-bond acceptors (Lipinski definition) is 3. The van der Waals surface area contributed by atoms with E-state index in [4.69, 9.17) is 6.42 Å². The second-order valence-corrected chi connectivity index (χ2v) is 12.7. The smallest absolute Gasteiger partial charge is 0.0525 e. The first-order chi connectivity index (χ1) is 20.0. The Morgan fingerprint density at radius 1 is 0.976 bits per heavy atom. The Morgan fingerprint density at radius 2 is 1.64 bits per heavy atom. The first-order valence-electron chi connectivity index (χ1n) is 15.5. The van der Waals surface area contributed by atoms with Gasteiger partial charge in [-0.15, -0.1) is 6.42 Å². The summed E-state index contributed by atoms with van der Waals surface area (Å²) < 4.78 is 0. The molecule has 2 aliphatic rings. The third-order valence-corrected chi connectivity index (χ3v) is 8.74. The van der Waals surface area contributed by atoms with Crippen molar-refractivity contribution in [2.24, 2.45) is 5.92 Å². The number of rotatable bonds is 7. The van der Waals surface area contributed by atoms with E-state index in [0.717, 1.165) is 56.4 Å².